The third-order valence-electron chi connectivity index (χ3n) is 2.12. The largest absolute Gasteiger partial charge is 0.309 e. The fourth-order valence-electron chi connectivity index (χ4n) is 1.41. The van der Waals surface area contributed by atoms with E-state index in [9.17, 15) is 0 Å². The van der Waals surface area contributed by atoms with Gasteiger partial charge in [-0.3, -0.25) is 0 Å². The van der Waals surface area contributed by atoms with Crippen LogP contribution < -0.4 is 0 Å². The molecule has 1 heteroatoms. The predicted octanol–water partition coefficient (Wildman–Crippen LogP) is 3.49. The van der Waals surface area contributed by atoms with Crippen molar-refractivity contribution in [2.24, 2.45) is 11.8 Å². The van der Waals surface area contributed by atoms with Crippen molar-refractivity contribution >= 4 is 5.71 Å². The van der Waals surface area contributed by atoms with Crippen LogP contribution in [-0.2, 0) is 0 Å². The number of rotatable bonds is 5. The van der Waals surface area contributed by atoms with Crippen molar-refractivity contribution in [2.75, 3.05) is 0 Å². The monoisotopic (exact) mass is 155 g/mol. The zero-order chi connectivity index (χ0) is 8.85. The highest BCUT2D eigenvalue weighted by atomic mass is 14.4. The molecule has 0 saturated carbocycles. The van der Waals surface area contributed by atoms with Crippen LogP contribution >= 0.6 is 0 Å². The summed E-state index contributed by atoms with van der Waals surface area (Å²) in [6.07, 6.45) is 3.24. The van der Waals surface area contributed by atoms with Crippen LogP contribution in [0, 0.1) is 17.2 Å². The van der Waals surface area contributed by atoms with Gasteiger partial charge in [-0.2, -0.15) is 0 Å². The Bertz CT molecular complexity index is 116. The van der Waals surface area contributed by atoms with E-state index >= 15 is 0 Å². The van der Waals surface area contributed by atoms with E-state index in [-0.39, 0.29) is 0 Å². The van der Waals surface area contributed by atoms with Crippen molar-refractivity contribution in [1.29, 1.82) is 5.41 Å². The third-order valence-corrected chi connectivity index (χ3v) is 2.12. The lowest BCUT2D eigenvalue weighted by molar-refractivity contribution is 0.480. The molecule has 0 radical (unpaired) electrons. The van der Waals surface area contributed by atoms with Crippen molar-refractivity contribution < 1.29 is 0 Å². The van der Waals surface area contributed by atoms with Gasteiger partial charge in [0.1, 0.15) is 0 Å². The summed E-state index contributed by atoms with van der Waals surface area (Å²) in [6.45, 7) is 8.71. The minimum atomic E-state index is 0.542. The van der Waals surface area contributed by atoms with E-state index < -0.39 is 0 Å². The molecule has 1 nitrogen and oxygen atoms in total. The molecule has 0 amide bonds. The average molecular weight is 155 g/mol. The number of nitrogens with one attached hydrogen (secondary N) is 1. The zero-order valence-electron chi connectivity index (χ0n) is 8.28. The Kier molecular flexibility index (Phi) is 5.18. The van der Waals surface area contributed by atoms with Crippen molar-refractivity contribution in [2.45, 2.75) is 47.0 Å². The molecule has 0 heterocycles. The molecule has 0 fully saturated rings. The fraction of sp³-hybridized carbons (Fsp3) is 0.900. The lowest BCUT2D eigenvalue weighted by Crippen LogP contribution is -2.13. The second-order valence-corrected chi connectivity index (χ2v) is 3.61. The molecule has 0 spiro atoms. The summed E-state index contributed by atoms with van der Waals surface area (Å²) in [5, 5.41) is 7.69. The zero-order valence-corrected chi connectivity index (χ0v) is 8.28. The first-order valence-electron chi connectivity index (χ1n) is 4.69. The maximum absolute atomic E-state index is 7.69. The first-order valence-corrected chi connectivity index (χ1v) is 4.69. The molecule has 0 bridgehead atoms. The molecule has 1 N–H and O–H groups in total. The second-order valence-electron chi connectivity index (χ2n) is 3.61. The summed E-state index contributed by atoms with van der Waals surface area (Å²) in [4.78, 5) is 0. The van der Waals surface area contributed by atoms with Gasteiger partial charge in [0.15, 0.2) is 0 Å². The fourth-order valence-corrected chi connectivity index (χ4v) is 1.41. The van der Waals surface area contributed by atoms with Crippen LogP contribution in [-0.4, -0.2) is 5.71 Å². The average Bonchev–Trinajstić information content (AvgIpc) is 1.98. The Morgan fingerprint density at radius 1 is 1.27 bits per heavy atom. The van der Waals surface area contributed by atoms with Gasteiger partial charge in [0.25, 0.3) is 0 Å². The molecule has 0 aliphatic carbocycles. The normalized spacial score (nSPS) is 13.5. The minimum absolute atomic E-state index is 0.542. The van der Waals surface area contributed by atoms with E-state index in [0.717, 1.165) is 24.5 Å². The Labute approximate surface area is 70.7 Å². The van der Waals surface area contributed by atoms with Gasteiger partial charge in [-0.1, -0.05) is 27.7 Å². The molecule has 0 aliphatic rings. The first-order chi connectivity index (χ1) is 5.11. The van der Waals surface area contributed by atoms with Gasteiger partial charge in [-0.15, -0.1) is 0 Å². The van der Waals surface area contributed by atoms with Crippen LogP contribution in [0.3, 0.4) is 0 Å². The van der Waals surface area contributed by atoms with Gasteiger partial charge in [0.2, 0.25) is 0 Å². The van der Waals surface area contributed by atoms with Crippen LogP contribution in [0.1, 0.15) is 47.0 Å². The minimum Gasteiger partial charge on any atom is -0.309 e. The maximum atomic E-state index is 7.69. The molecule has 66 valence electrons. The van der Waals surface area contributed by atoms with Crippen LogP contribution in [0.15, 0.2) is 0 Å². The molecule has 1 unspecified atom stereocenters. The van der Waals surface area contributed by atoms with E-state index in [0.29, 0.717) is 5.92 Å². The molecule has 0 saturated heterocycles. The van der Waals surface area contributed by atoms with Gasteiger partial charge in [0.05, 0.1) is 0 Å². The van der Waals surface area contributed by atoms with E-state index in [1.807, 2.05) is 0 Å². The molecule has 0 aromatic rings. The molecule has 0 aromatic heterocycles. The Morgan fingerprint density at radius 2 is 1.82 bits per heavy atom. The van der Waals surface area contributed by atoms with E-state index in [2.05, 4.69) is 27.7 Å². The van der Waals surface area contributed by atoms with Gasteiger partial charge in [0, 0.05) is 5.71 Å². The van der Waals surface area contributed by atoms with Crippen molar-refractivity contribution in [3.05, 3.63) is 0 Å². The van der Waals surface area contributed by atoms with Crippen molar-refractivity contribution in [3.8, 4) is 0 Å². The van der Waals surface area contributed by atoms with Gasteiger partial charge >= 0.3 is 0 Å². The molecule has 0 aromatic carbocycles. The molecule has 11 heavy (non-hydrogen) atoms. The lowest BCUT2D eigenvalue weighted by Gasteiger charge is -2.16. The Hall–Kier alpha value is -0.330. The Balaban J connectivity index is 3.84. The van der Waals surface area contributed by atoms with Crippen LogP contribution in [0.5, 0.6) is 0 Å². The van der Waals surface area contributed by atoms with Crippen molar-refractivity contribution in [3.63, 3.8) is 0 Å². The van der Waals surface area contributed by atoms with E-state index in [4.69, 9.17) is 5.41 Å². The predicted molar refractivity (Wildman–Crippen MR) is 51.3 cm³/mol. The maximum Gasteiger partial charge on any atom is 0.0117 e. The summed E-state index contributed by atoms with van der Waals surface area (Å²) in [5.41, 5.74) is 0.932. The lowest BCUT2D eigenvalue weighted by atomic mass is 9.89. The molecular weight excluding hydrogens is 134 g/mol. The topological polar surface area (TPSA) is 23.9 Å². The smallest absolute Gasteiger partial charge is 0.0117 e. The third kappa shape index (κ3) is 4.18. The van der Waals surface area contributed by atoms with Gasteiger partial charge in [-0.25, -0.2) is 0 Å². The van der Waals surface area contributed by atoms with Gasteiger partial charge < -0.3 is 5.41 Å². The number of hydrogen-bond donors (Lipinski definition) is 1. The highest BCUT2D eigenvalue weighted by Crippen LogP contribution is 2.17. The molecule has 1 atom stereocenters. The van der Waals surface area contributed by atoms with Crippen LogP contribution in [0.4, 0.5) is 0 Å². The second kappa shape index (κ2) is 5.34. The van der Waals surface area contributed by atoms with E-state index in [1.54, 1.807) is 0 Å². The SMILES string of the molecule is CCC(=N)C(CC)CC(C)C. The Morgan fingerprint density at radius 3 is 2.09 bits per heavy atom. The quantitative estimate of drug-likeness (QED) is 0.588. The van der Waals surface area contributed by atoms with Crippen LogP contribution in [0.2, 0.25) is 0 Å². The van der Waals surface area contributed by atoms with E-state index in [1.165, 1.54) is 6.42 Å². The van der Waals surface area contributed by atoms with Crippen molar-refractivity contribution in [1.82, 2.24) is 0 Å². The van der Waals surface area contributed by atoms with Gasteiger partial charge in [-0.05, 0) is 31.1 Å². The summed E-state index contributed by atoms with van der Waals surface area (Å²) in [6, 6.07) is 0. The summed E-state index contributed by atoms with van der Waals surface area (Å²) < 4.78 is 0. The summed E-state index contributed by atoms with van der Waals surface area (Å²) >= 11 is 0. The first kappa shape index (κ1) is 10.7. The highest BCUT2D eigenvalue weighted by molar-refractivity contribution is 5.83. The molecule has 0 rings (SSSR count). The van der Waals surface area contributed by atoms with Crippen LogP contribution in [0.25, 0.3) is 0 Å². The standard InChI is InChI=1S/C10H21N/c1-5-9(7-8(3)4)10(11)6-2/h8-9,11H,5-7H2,1-4H3. The molecular formula is C10H21N. The molecule has 0 aliphatic heterocycles. The summed E-state index contributed by atoms with van der Waals surface area (Å²) in [5.74, 6) is 1.27. The summed E-state index contributed by atoms with van der Waals surface area (Å²) in [7, 11) is 0. The highest BCUT2D eigenvalue weighted by Gasteiger charge is 2.11. The number of hydrogen-bond acceptors (Lipinski definition) is 1.